The van der Waals surface area contributed by atoms with Crippen LogP contribution in [0.25, 0.3) is 27.7 Å². The van der Waals surface area contributed by atoms with Crippen LogP contribution in [0.3, 0.4) is 0 Å². The Morgan fingerprint density at radius 1 is 0.909 bits per heavy atom. The smallest absolute Gasteiger partial charge is 0.311 e. The Morgan fingerprint density at radius 3 is 2.48 bits per heavy atom. The minimum Gasteiger partial charge on any atom is -0.424 e. The SMILES string of the molecule is CCCCCCn1cc(OC(=O)CCCC)c2c1nc(CCCC)n1c3ccccc3nc21. The van der Waals surface area contributed by atoms with Gasteiger partial charge in [0.05, 0.1) is 11.0 Å². The van der Waals surface area contributed by atoms with E-state index >= 15 is 0 Å². The third kappa shape index (κ3) is 4.90. The molecule has 6 heteroatoms. The van der Waals surface area contributed by atoms with Crippen molar-refractivity contribution in [2.75, 3.05) is 0 Å². The Hall–Kier alpha value is -2.89. The summed E-state index contributed by atoms with van der Waals surface area (Å²) in [6.45, 7) is 7.36. The van der Waals surface area contributed by atoms with Gasteiger partial charge < -0.3 is 9.30 Å². The lowest BCUT2D eigenvalue weighted by Crippen LogP contribution is -2.07. The summed E-state index contributed by atoms with van der Waals surface area (Å²) < 4.78 is 10.2. The number of imidazole rings is 1. The first-order chi connectivity index (χ1) is 16.2. The van der Waals surface area contributed by atoms with Gasteiger partial charge in [0, 0.05) is 25.6 Å². The minimum atomic E-state index is -0.189. The van der Waals surface area contributed by atoms with Crippen LogP contribution in [-0.2, 0) is 17.8 Å². The molecule has 1 aromatic carbocycles. The number of para-hydroxylation sites is 2. The van der Waals surface area contributed by atoms with Gasteiger partial charge in [0.15, 0.2) is 11.4 Å². The average molecular weight is 449 g/mol. The fourth-order valence-electron chi connectivity index (χ4n) is 4.43. The zero-order valence-electron chi connectivity index (χ0n) is 20.3. The molecule has 0 aliphatic carbocycles. The molecular formula is C27H36N4O2. The standard InChI is InChI=1S/C27H36N4O2/c1-4-7-10-13-18-30-19-22(33-24(32)17-9-6-3)25-26(30)29-23(16-8-5-2)31-21-15-12-11-14-20(21)28-27(25)31/h11-12,14-15,19H,4-10,13,16-18H2,1-3H3. The molecule has 0 amide bonds. The molecule has 0 aliphatic heterocycles. The third-order valence-corrected chi connectivity index (χ3v) is 6.26. The maximum absolute atomic E-state index is 12.6. The Morgan fingerprint density at radius 2 is 1.70 bits per heavy atom. The van der Waals surface area contributed by atoms with Gasteiger partial charge in [0.2, 0.25) is 0 Å². The first kappa shape index (κ1) is 23.3. The number of aromatic nitrogens is 4. The topological polar surface area (TPSA) is 61.4 Å². The highest BCUT2D eigenvalue weighted by molar-refractivity contribution is 6.00. The fourth-order valence-corrected chi connectivity index (χ4v) is 4.43. The van der Waals surface area contributed by atoms with Gasteiger partial charge in [-0.05, 0) is 31.4 Å². The number of fused-ring (bicyclic) bond motifs is 5. The van der Waals surface area contributed by atoms with Crippen LogP contribution < -0.4 is 4.74 Å². The van der Waals surface area contributed by atoms with Crippen LogP contribution in [0.5, 0.6) is 5.75 Å². The highest BCUT2D eigenvalue weighted by atomic mass is 16.5. The Kier molecular flexibility index (Phi) is 7.63. The van der Waals surface area contributed by atoms with Crippen LogP contribution in [0.2, 0.25) is 0 Å². The summed E-state index contributed by atoms with van der Waals surface area (Å²) in [5.41, 5.74) is 3.69. The summed E-state index contributed by atoms with van der Waals surface area (Å²) in [5.74, 6) is 1.41. The number of nitrogens with zero attached hydrogens (tertiary/aromatic N) is 4. The van der Waals surface area contributed by atoms with Gasteiger partial charge in [-0.25, -0.2) is 9.97 Å². The van der Waals surface area contributed by atoms with Gasteiger partial charge in [0.1, 0.15) is 16.9 Å². The molecule has 0 atom stereocenters. The van der Waals surface area contributed by atoms with Crippen LogP contribution in [0.4, 0.5) is 0 Å². The van der Waals surface area contributed by atoms with Gasteiger partial charge >= 0.3 is 5.97 Å². The lowest BCUT2D eigenvalue weighted by atomic mass is 10.2. The van der Waals surface area contributed by atoms with E-state index in [1.807, 2.05) is 24.4 Å². The number of benzene rings is 1. The summed E-state index contributed by atoms with van der Waals surface area (Å²) in [4.78, 5) is 22.7. The second-order valence-electron chi connectivity index (χ2n) is 8.91. The summed E-state index contributed by atoms with van der Waals surface area (Å²) in [6.07, 6.45) is 11.9. The molecule has 0 saturated carbocycles. The molecule has 0 saturated heterocycles. The van der Waals surface area contributed by atoms with Crippen molar-refractivity contribution >= 4 is 33.7 Å². The van der Waals surface area contributed by atoms with Crippen LogP contribution in [0.15, 0.2) is 30.5 Å². The van der Waals surface area contributed by atoms with Gasteiger partial charge in [-0.3, -0.25) is 9.20 Å². The normalized spacial score (nSPS) is 11.7. The summed E-state index contributed by atoms with van der Waals surface area (Å²) in [7, 11) is 0. The number of carbonyl (C=O) groups excluding carboxylic acids is 1. The van der Waals surface area contributed by atoms with Crippen molar-refractivity contribution in [2.45, 2.75) is 91.5 Å². The Bertz CT molecular complexity index is 1240. The summed E-state index contributed by atoms with van der Waals surface area (Å²) in [5, 5.41) is 0.840. The van der Waals surface area contributed by atoms with Crippen molar-refractivity contribution in [3.8, 4) is 5.75 Å². The molecule has 0 aliphatic rings. The van der Waals surface area contributed by atoms with Crippen LogP contribution in [0.1, 0.15) is 84.4 Å². The molecule has 0 spiro atoms. The quantitative estimate of drug-likeness (QED) is 0.175. The van der Waals surface area contributed by atoms with E-state index in [9.17, 15) is 4.79 Å². The first-order valence-electron chi connectivity index (χ1n) is 12.7. The first-order valence-corrected chi connectivity index (χ1v) is 12.7. The molecule has 176 valence electrons. The van der Waals surface area contributed by atoms with Gasteiger partial charge in [0.25, 0.3) is 0 Å². The van der Waals surface area contributed by atoms with Crippen molar-refractivity contribution < 1.29 is 9.53 Å². The fraction of sp³-hybridized carbons (Fsp3) is 0.519. The number of ether oxygens (including phenoxy) is 1. The molecule has 4 rings (SSSR count). The predicted molar refractivity (Wildman–Crippen MR) is 134 cm³/mol. The van der Waals surface area contributed by atoms with Crippen molar-refractivity contribution in [2.24, 2.45) is 0 Å². The van der Waals surface area contributed by atoms with Crippen molar-refractivity contribution in [1.29, 1.82) is 0 Å². The second kappa shape index (κ2) is 10.8. The van der Waals surface area contributed by atoms with E-state index in [-0.39, 0.29) is 5.97 Å². The predicted octanol–water partition coefficient (Wildman–Crippen LogP) is 6.86. The van der Waals surface area contributed by atoms with Crippen molar-refractivity contribution in [3.63, 3.8) is 0 Å². The van der Waals surface area contributed by atoms with E-state index < -0.39 is 0 Å². The Balaban J connectivity index is 1.89. The molecule has 6 nitrogen and oxygen atoms in total. The summed E-state index contributed by atoms with van der Waals surface area (Å²) in [6, 6.07) is 8.17. The zero-order valence-corrected chi connectivity index (χ0v) is 20.3. The average Bonchev–Trinajstić information content (AvgIpc) is 3.37. The lowest BCUT2D eigenvalue weighted by Gasteiger charge is -2.09. The van der Waals surface area contributed by atoms with Gasteiger partial charge in [-0.2, -0.15) is 0 Å². The van der Waals surface area contributed by atoms with E-state index in [1.54, 1.807) is 0 Å². The molecular weight excluding hydrogens is 412 g/mol. The minimum absolute atomic E-state index is 0.189. The molecule has 0 radical (unpaired) electrons. The maximum atomic E-state index is 12.6. The number of hydrogen-bond acceptors (Lipinski definition) is 4. The third-order valence-electron chi connectivity index (χ3n) is 6.26. The van der Waals surface area contributed by atoms with Gasteiger partial charge in [-0.15, -0.1) is 0 Å². The number of hydrogen-bond donors (Lipinski definition) is 0. The second-order valence-corrected chi connectivity index (χ2v) is 8.91. The lowest BCUT2D eigenvalue weighted by molar-refractivity contribution is -0.134. The van der Waals surface area contributed by atoms with E-state index in [1.165, 1.54) is 19.3 Å². The molecule has 0 unspecified atom stereocenters. The van der Waals surface area contributed by atoms with Gasteiger partial charge in [-0.1, -0.05) is 65.0 Å². The highest BCUT2D eigenvalue weighted by Gasteiger charge is 2.22. The number of aryl methyl sites for hydroxylation is 2. The van der Waals surface area contributed by atoms with Crippen LogP contribution in [-0.4, -0.2) is 24.9 Å². The van der Waals surface area contributed by atoms with Crippen LogP contribution in [0, 0.1) is 0 Å². The van der Waals surface area contributed by atoms with E-state index in [4.69, 9.17) is 14.7 Å². The molecule has 3 aromatic heterocycles. The largest absolute Gasteiger partial charge is 0.424 e. The highest BCUT2D eigenvalue weighted by Crippen LogP contribution is 2.34. The van der Waals surface area contributed by atoms with E-state index in [0.29, 0.717) is 12.2 Å². The maximum Gasteiger partial charge on any atom is 0.311 e. The molecule has 33 heavy (non-hydrogen) atoms. The number of esters is 1. The van der Waals surface area contributed by atoms with Crippen molar-refractivity contribution in [3.05, 3.63) is 36.3 Å². The monoisotopic (exact) mass is 448 g/mol. The molecule has 0 bridgehead atoms. The van der Waals surface area contributed by atoms with E-state index in [0.717, 1.165) is 78.6 Å². The molecule has 4 aromatic rings. The van der Waals surface area contributed by atoms with E-state index in [2.05, 4.69) is 35.8 Å². The number of unbranched alkanes of at least 4 members (excludes halogenated alkanes) is 5. The summed E-state index contributed by atoms with van der Waals surface area (Å²) >= 11 is 0. The molecule has 3 heterocycles. The van der Waals surface area contributed by atoms with Crippen LogP contribution >= 0.6 is 0 Å². The zero-order chi connectivity index (χ0) is 23.2. The Labute approximate surface area is 196 Å². The molecule has 0 N–H and O–H groups in total. The molecule has 0 fully saturated rings. The number of carbonyl (C=O) groups is 1. The number of rotatable bonds is 12. The van der Waals surface area contributed by atoms with Crippen molar-refractivity contribution in [1.82, 2.24) is 18.9 Å².